The van der Waals surface area contributed by atoms with Crippen molar-refractivity contribution in [2.75, 3.05) is 26.3 Å². The Hall–Kier alpha value is -2.97. The van der Waals surface area contributed by atoms with E-state index in [1.807, 2.05) is 37.5 Å². The van der Waals surface area contributed by atoms with Gasteiger partial charge < -0.3 is 23.5 Å². The minimum Gasteiger partial charge on any atom is -0.371 e. The van der Waals surface area contributed by atoms with Crippen LogP contribution in [0.2, 0.25) is 0 Å². The van der Waals surface area contributed by atoms with Gasteiger partial charge in [-0.25, -0.2) is 4.98 Å². The largest absolute Gasteiger partial charge is 0.371 e. The molecule has 1 aromatic carbocycles. The number of hydrogen-bond acceptors (Lipinski definition) is 5. The number of benzene rings is 1. The summed E-state index contributed by atoms with van der Waals surface area (Å²) in [6.07, 6.45) is 1.41. The Kier molecular flexibility index (Phi) is 4.67. The second-order valence-corrected chi connectivity index (χ2v) is 8.00. The van der Waals surface area contributed by atoms with Crippen molar-refractivity contribution in [3.8, 4) is 0 Å². The second kappa shape index (κ2) is 7.37. The number of imidazole rings is 1. The smallest absolute Gasteiger partial charge is 0.263 e. The Bertz CT molecular complexity index is 1150. The van der Waals surface area contributed by atoms with E-state index in [1.165, 1.54) is 4.57 Å². The lowest BCUT2D eigenvalue weighted by atomic mass is 10.2. The Morgan fingerprint density at radius 3 is 2.50 bits per heavy atom. The van der Waals surface area contributed by atoms with Crippen LogP contribution < -0.4 is 5.56 Å². The molecule has 0 bridgehead atoms. The summed E-state index contributed by atoms with van der Waals surface area (Å²) in [7, 11) is 1.68. The normalized spacial score (nSPS) is 22.3. The molecule has 2 fully saturated rings. The predicted molar refractivity (Wildman–Crippen MR) is 111 cm³/mol. The summed E-state index contributed by atoms with van der Waals surface area (Å²) in [5, 5.41) is 0. The number of likely N-dealkylation sites (tertiary alicyclic amines) is 1. The summed E-state index contributed by atoms with van der Waals surface area (Å²) in [6, 6.07) is 11.4. The van der Waals surface area contributed by atoms with Crippen molar-refractivity contribution >= 4 is 16.9 Å². The van der Waals surface area contributed by atoms with Gasteiger partial charge in [0.15, 0.2) is 0 Å². The highest BCUT2D eigenvalue weighted by molar-refractivity contribution is 5.94. The lowest BCUT2D eigenvalue weighted by molar-refractivity contribution is -0.00461. The van der Waals surface area contributed by atoms with Gasteiger partial charge in [0.2, 0.25) is 0 Å². The first-order chi connectivity index (χ1) is 14.5. The standard InChI is InChI=1S/C22H24N4O4/c1-14-7-8-16(21(27)24(14)2)22(28)25-9-19-20(10-25)30-12-15(11-29-19)26-13-23-17-5-3-4-6-18(17)26/h3-8,13,15,19-20H,9-12H2,1-2H3/t19-,20-/m0/s1. The molecule has 5 rings (SSSR count). The lowest BCUT2D eigenvalue weighted by Crippen LogP contribution is -2.36. The highest BCUT2D eigenvalue weighted by Gasteiger charge is 2.40. The zero-order chi connectivity index (χ0) is 20.8. The van der Waals surface area contributed by atoms with Crippen molar-refractivity contribution in [2.45, 2.75) is 25.2 Å². The third-order valence-corrected chi connectivity index (χ3v) is 6.17. The third-order valence-electron chi connectivity index (χ3n) is 6.17. The molecule has 0 N–H and O–H groups in total. The summed E-state index contributed by atoms with van der Waals surface area (Å²) in [4.78, 5) is 31.5. The fourth-order valence-corrected chi connectivity index (χ4v) is 4.24. The molecule has 1 amide bonds. The number of fused-ring (bicyclic) bond motifs is 2. The number of pyridine rings is 1. The fraction of sp³-hybridized carbons (Fsp3) is 0.409. The Balaban J connectivity index is 1.30. The molecule has 0 radical (unpaired) electrons. The fourth-order valence-electron chi connectivity index (χ4n) is 4.24. The van der Waals surface area contributed by atoms with Crippen molar-refractivity contribution < 1.29 is 14.3 Å². The second-order valence-electron chi connectivity index (χ2n) is 8.00. The molecule has 30 heavy (non-hydrogen) atoms. The molecular formula is C22H24N4O4. The molecule has 3 aromatic rings. The van der Waals surface area contributed by atoms with Gasteiger partial charge in [-0.1, -0.05) is 12.1 Å². The number of carbonyl (C=O) groups excluding carboxylic acids is 1. The maximum Gasteiger partial charge on any atom is 0.263 e. The highest BCUT2D eigenvalue weighted by Crippen LogP contribution is 2.26. The van der Waals surface area contributed by atoms with Crippen LogP contribution in [0.15, 0.2) is 47.5 Å². The van der Waals surface area contributed by atoms with Crippen LogP contribution in [0, 0.1) is 6.92 Å². The number of aromatic nitrogens is 3. The van der Waals surface area contributed by atoms with Gasteiger partial charge >= 0.3 is 0 Å². The molecule has 8 heteroatoms. The number of nitrogens with zero attached hydrogens (tertiary/aromatic N) is 4. The van der Waals surface area contributed by atoms with Crippen LogP contribution in [0.25, 0.3) is 11.0 Å². The van der Waals surface area contributed by atoms with E-state index in [9.17, 15) is 9.59 Å². The Morgan fingerprint density at radius 2 is 1.77 bits per heavy atom. The van der Waals surface area contributed by atoms with Crippen LogP contribution in [-0.4, -0.2) is 63.4 Å². The maximum atomic E-state index is 12.9. The van der Waals surface area contributed by atoms with Gasteiger partial charge in [0.25, 0.3) is 11.5 Å². The molecule has 4 heterocycles. The number of hydrogen-bond donors (Lipinski definition) is 0. The first kappa shape index (κ1) is 19.0. The van der Waals surface area contributed by atoms with Crippen LogP contribution in [0.1, 0.15) is 22.1 Å². The minimum absolute atomic E-state index is 0.0246. The van der Waals surface area contributed by atoms with Crippen LogP contribution in [0.4, 0.5) is 0 Å². The van der Waals surface area contributed by atoms with Gasteiger partial charge in [-0.05, 0) is 31.2 Å². The van der Waals surface area contributed by atoms with Crippen LogP contribution in [-0.2, 0) is 16.5 Å². The monoisotopic (exact) mass is 408 g/mol. The van der Waals surface area contributed by atoms with Gasteiger partial charge in [0.1, 0.15) is 17.8 Å². The van der Waals surface area contributed by atoms with Crippen LogP contribution in [0.5, 0.6) is 0 Å². The molecular weight excluding hydrogens is 384 g/mol. The first-order valence-corrected chi connectivity index (χ1v) is 10.1. The molecule has 2 atom stereocenters. The van der Waals surface area contributed by atoms with E-state index in [2.05, 4.69) is 9.55 Å². The van der Waals surface area contributed by atoms with E-state index >= 15 is 0 Å². The zero-order valence-corrected chi connectivity index (χ0v) is 17.0. The number of para-hydroxylation sites is 2. The average molecular weight is 408 g/mol. The van der Waals surface area contributed by atoms with Gasteiger partial charge in [-0.3, -0.25) is 9.59 Å². The Labute approximate surface area is 173 Å². The Morgan fingerprint density at radius 1 is 1.07 bits per heavy atom. The molecule has 2 saturated heterocycles. The van der Waals surface area contributed by atoms with E-state index in [0.29, 0.717) is 26.3 Å². The van der Waals surface area contributed by atoms with E-state index in [4.69, 9.17) is 9.47 Å². The number of rotatable bonds is 2. The molecule has 2 aromatic heterocycles. The average Bonchev–Trinajstić information content (AvgIpc) is 3.32. The third kappa shape index (κ3) is 3.12. The molecule has 156 valence electrons. The molecule has 0 saturated carbocycles. The van der Waals surface area contributed by atoms with Crippen LogP contribution in [0.3, 0.4) is 0 Å². The molecule has 0 aliphatic carbocycles. The summed E-state index contributed by atoms with van der Waals surface area (Å²) >= 11 is 0. The van der Waals surface area contributed by atoms with E-state index in [0.717, 1.165) is 16.7 Å². The van der Waals surface area contributed by atoms with Gasteiger partial charge in [0.05, 0.1) is 36.6 Å². The zero-order valence-electron chi connectivity index (χ0n) is 17.0. The highest BCUT2D eigenvalue weighted by atomic mass is 16.6. The van der Waals surface area contributed by atoms with Crippen LogP contribution >= 0.6 is 0 Å². The van der Waals surface area contributed by atoms with Crippen molar-refractivity contribution in [3.05, 3.63) is 64.3 Å². The summed E-state index contributed by atoms with van der Waals surface area (Å²) in [5.74, 6) is -0.270. The van der Waals surface area contributed by atoms with Crippen molar-refractivity contribution in [2.24, 2.45) is 7.05 Å². The molecule has 2 aliphatic heterocycles. The van der Waals surface area contributed by atoms with E-state index in [1.54, 1.807) is 24.1 Å². The van der Waals surface area contributed by atoms with Crippen molar-refractivity contribution in [3.63, 3.8) is 0 Å². The minimum atomic E-state index is -0.277. The molecule has 8 nitrogen and oxygen atoms in total. The molecule has 2 aliphatic rings. The molecule has 0 spiro atoms. The van der Waals surface area contributed by atoms with E-state index < -0.39 is 0 Å². The number of ether oxygens (including phenoxy) is 2. The maximum absolute atomic E-state index is 12.9. The topological polar surface area (TPSA) is 78.6 Å². The van der Waals surface area contributed by atoms with Crippen molar-refractivity contribution in [1.29, 1.82) is 0 Å². The van der Waals surface area contributed by atoms with Gasteiger partial charge in [-0.15, -0.1) is 0 Å². The SMILES string of the molecule is Cc1ccc(C(=O)N2C[C@@H]3OCC(n4cnc5ccccc54)CO[C@H]3C2)c(=O)n1C. The molecule has 0 unspecified atom stereocenters. The summed E-state index contributed by atoms with van der Waals surface area (Å²) < 4.78 is 15.9. The summed E-state index contributed by atoms with van der Waals surface area (Å²) in [6.45, 7) is 3.63. The first-order valence-electron chi connectivity index (χ1n) is 10.1. The van der Waals surface area contributed by atoms with Gasteiger partial charge in [0, 0.05) is 25.8 Å². The number of aryl methyl sites for hydroxylation is 1. The van der Waals surface area contributed by atoms with Crippen molar-refractivity contribution in [1.82, 2.24) is 19.0 Å². The number of amides is 1. The van der Waals surface area contributed by atoms with E-state index in [-0.39, 0.29) is 35.3 Å². The quantitative estimate of drug-likeness (QED) is 0.643. The van der Waals surface area contributed by atoms with Gasteiger partial charge in [-0.2, -0.15) is 0 Å². The lowest BCUT2D eigenvalue weighted by Gasteiger charge is -2.20. The summed E-state index contributed by atoms with van der Waals surface area (Å²) in [5.41, 5.74) is 2.71. The number of carbonyl (C=O) groups is 1. The predicted octanol–water partition coefficient (Wildman–Crippen LogP) is 1.52.